The number of rotatable bonds is 2. The Balaban J connectivity index is 3.04. The molecular formula is C12H16. The van der Waals surface area contributed by atoms with Crippen LogP contribution < -0.4 is 0 Å². The zero-order chi connectivity index (χ0) is 8.97. The Labute approximate surface area is 74.9 Å². The van der Waals surface area contributed by atoms with Gasteiger partial charge in [0.05, 0.1) is 0 Å². The standard InChI is InChI=1S/C12H16/c1-4-5-9-12-10(2)7-6-8-11(12)3/h5-9H,4H2,1-3H3/b9-5-. The summed E-state index contributed by atoms with van der Waals surface area (Å²) >= 11 is 0. The molecule has 0 aliphatic carbocycles. The average Bonchev–Trinajstić information content (AvgIpc) is 2.04. The summed E-state index contributed by atoms with van der Waals surface area (Å²) in [7, 11) is 0. The van der Waals surface area contributed by atoms with E-state index in [1.165, 1.54) is 16.7 Å². The molecule has 0 nitrogen and oxygen atoms in total. The van der Waals surface area contributed by atoms with Crippen molar-refractivity contribution in [1.82, 2.24) is 0 Å². The maximum absolute atomic E-state index is 2.21. The van der Waals surface area contributed by atoms with E-state index in [0.717, 1.165) is 6.42 Å². The minimum Gasteiger partial charge on any atom is -0.0842 e. The van der Waals surface area contributed by atoms with Crippen LogP contribution in [0.3, 0.4) is 0 Å². The molecule has 12 heavy (non-hydrogen) atoms. The highest BCUT2D eigenvalue weighted by Crippen LogP contribution is 2.14. The van der Waals surface area contributed by atoms with Gasteiger partial charge >= 0.3 is 0 Å². The van der Waals surface area contributed by atoms with Crippen molar-refractivity contribution >= 4 is 6.08 Å². The van der Waals surface area contributed by atoms with Gasteiger partial charge in [-0.3, -0.25) is 0 Å². The molecular weight excluding hydrogens is 144 g/mol. The van der Waals surface area contributed by atoms with Crippen LogP contribution >= 0.6 is 0 Å². The summed E-state index contributed by atoms with van der Waals surface area (Å²) < 4.78 is 0. The minimum atomic E-state index is 1.10. The van der Waals surface area contributed by atoms with Crippen molar-refractivity contribution in [2.75, 3.05) is 0 Å². The molecule has 0 radical (unpaired) electrons. The fourth-order valence-corrected chi connectivity index (χ4v) is 1.33. The van der Waals surface area contributed by atoms with Crippen LogP contribution in [0, 0.1) is 13.8 Å². The van der Waals surface area contributed by atoms with Crippen molar-refractivity contribution in [3.63, 3.8) is 0 Å². The average molecular weight is 160 g/mol. The number of hydrogen-bond acceptors (Lipinski definition) is 0. The van der Waals surface area contributed by atoms with Gasteiger partial charge in [0.1, 0.15) is 0 Å². The molecule has 0 spiro atoms. The molecule has 0 bridgehead atoms. The molecule has 0 N–H and O–H groups in total. The summed E-state index contributed by atoms with van der Waals surface area (Å²) in [4.78, 5) is 0. The largest absolute Gasteiger partial charge is 0.0842 e. The van der Waals surface area contributed by atoms with E-state index in [4.69, 9.17) is 0 Å². The third-order valence-electron chi connectivity index (χ3n) is 2.06. The lowest BCUT2D eigenvalue weighted by molar-refractivity contribution is 1.23. The van der Waals surface area contributed by atoms with E-state index >= 15 is 0 Å². The second-order valence-electron chi connectivity index (χ2n) is 3.12. The zero-order valence-corrected chi connectivity index (χ0v) is 8.09. The quantitative estimate of drug-likeness (QED) is 0.618. The predicted molar refractivity (Wildman–Crippen MR) is 55.2 cm³/mol. The van der Waals surface area contributed by atoms with Crippen LogP contribution in [-0.2, 0) is 0 Å². The van der Waals surface area contributed by atoms with Gasteiger partial charge in [-0.25, -0.2) is 0 Å². The first-order valence-corrected chi connectivity index (χ1v) is 4.48. The molecule has 1 aromatic carbocycles. The molecule has 0 amide bonds. The summed E-state index contributed by atoms with van der Waals surface area (Å²) in [5, 5.41) is 0. The first-order valence-electron chi connectivity index (χ1n) is 4.48. The highest BCUT2D eigenvalue weighted by Gasteiger charge is 1.95. The lowest BCUT2D eigenvalue weighted by atomic mass is 10.0. The molecule has 0 fully saturated rings. The third-order valence-corrected chi connectivity index (χ3v) is 2.06. The third kappa shape index (κ3) is 1.97. The van der Waals surface area contributed by atoms with Gasteiger partial charge in [0, 0.05) is 0 Å². The molecule has 64 valence electrons. The number of hydrogen-bond donors (Lipinski definition) is 0. The Morgan fingerprint density at radius 2 is 1.75 bits per heavy atom. The summed E-state index contributed by atoms with van der Waals surface area (Å²) in [6.07, 6.45) is 5.52. The van der Waals surface area contributed by atoms with E-state index in [1.807, 2.05) is 0 Å². The van der Waals surface area contributed by atoms with Gasteiger partial charge in [-0.2, -0.15) is 0 Å². The highest BCUT2D eigenvalue weighted by molar-refractivity contribution is 5.57. The van der Waals surface area contributed by atoms with Crippen LogP contribution in [0.2, 0.25) is 0 Å². The van der Waals surface area contributed by atoms with E-state index in [-0.39, 0.29) is 0 Å². The molecule has 0 saturated carbocycles. The molecule has 0 unspecified atom stereocenters. The first-order chi connectivity index (χ1) is 5.75. The van der Waals surface area contributed by atoms with E-state index in [2.05, 4.69) is 51.1 Å². The highest BCUT2D eigenvalue weighted by atomic mass is 14.0. The topological polar surface area (TPSA) is 0 Å². The van der Waals surface area contributed by atoms with Gasteiger partial charge in [0.25, 0.3) is 0 Å². The Morgan fingerprint density at radius 1 is 1.17 bits per heavy atom. The van der Waals surface area contributed by atoms with Crippen molar-refractivity contribution in [1.29, 1.82) is 0 Å². The molecule has 1 rings (SSSR count). The molecule has 0 aliphatic rings. The van der Waals surface area contributed by atoms with E-state index in [0.29, 0.717) is 0 Å². The maximum Gasteiger partial charge on any atom is -0.0201 e. The Bertz CT molecular complexity index is 262. The first kappa shape index (κ1) is 9.05. The second kappa shape index (κ2) is 4.10. The monoisotopic (exact) mass is 160 g/mol. The summed E-state index contributed by atoms with van der Waals surface area (Å²) in [5.74, 6) is 0. The summed E-state index contributed by atoms with van der Waals surface area (Å²) in [5.41, 5.74) is 4.10. The molecule has 0 heterocycles. The fraction of sp³-hybridized carbons (Fsp3) is 0.333. The van der Waals surface area contributed by atoms with Crippen LogP contribution in [0.1, 0.15) is 30.0 Å². The zero-order valence-electron chi connectivity index (χ0n) is 8.09. The molecule has 0 aromatic heterocycles. The Kier molecular flexibility index (Phi) is 3.09. The molecule has 1 aromatic rings. The van der Waals surface area contributed by atoms with Crippen LogP contribution in [0.25, 0.3) is 6.08 Å². The molecule has 0 aliphatic heterocycles. The van der Waals surface area contributed by atoms with Gasteiger partial charge in [-0.15, -0.1) is 0 Å². The Morgan fingerprint density at radius 3 is 2.25 bits per heavy atom. The van der Waals surface area contributed by atoms with Crippen molar-refractivity contribution in [2.45, 2.75) is 27.2 Å². The maximum atomic E-state index is 2.21. The molecule has 0 atom stereocenters. The second-order valence-corrected chi connectivity index (χ2v) is 3.12. The summed E-state index contributed by atoms with van der Waals surface area (Å²) in [6.45, 7) is 6.47. The number of allylic oxidation sites excluding steroid dienone is 1. The molecule has 0 saturated heterocycles. The van der Waals surface area contributed by atoms with Crippen LogP contribution in [0.5, 0.6) is 0 Å². The minimum absolute atomic E-state index is 1.10. The van der Waals surface area contributed by atoms with Gasteiger partial charge < -0.3 is 0 Å². The Hall–Kier alpha value is -1.04. The fourth-order valence-electron chi connectivity index (χ4n) is 1.33. The van der Waals surface area contributed by atoms with Crippen molar-refractivity contribution in [3.05, 3.63) is 41.0 Å². The van der Waals surface area contributed by atoms with Crippen molar-refractivity contribution < 1.29 is 0 Å². The van der Waals surface area contributed by atoms with Gasteiger partial charge in [0.15, 0.2) is 0 Å². The lowest BCUT2D eigenvalue weighted by Gasteiger charge is -2.03. The van der Waals surface area contributed by atoms with Gasteiger partial charge in [-0.1, -0.05) is 37.3 Å². The van der Waals surface area contributed by atoms with E-state index in [1.54, 1.807) is 0 Å². The normalized spacial score (nSPS) is 10.9. The van der Waals surface area contributed by atoms with Crippen LogP contribution in [0.4, 0.5) is 0 Å². The van der Waals surface area contributed by atoms with Gasteiger partial charge in [-0.05, 0) is 37.0 Å². The molecule has 0 heteroatoms. The lowest BCUT2D eigenvalue weighted by Crippen LogP contribution is -1.84. The van der Waals surface area contributed by atoms with E-state index in [9.17, 15) is 0 Å². The van der Waals surface area contributed by atoms with Crippen molar-refractivity contribution in [2.24, 2.45) is 0 Å². The summed E-state index contributed by atoms with van der Waals surface area (Å²) in [6, 6.07) is 6.42. The van der Waals surface area contributed by atoms with E-state index < -0.39 is 0 Å². The van der Waals surface area contributed by atoms with Gasteiger partial charge in [0.2, 0.25) is 0 Å². The van der Waals surface area contributed by atoms with Crippen LogP contribution in [0.15, 0.2) is 24.3 Å². The predicted octanol–water partition coefficient (Wildman–Crippen LogP) is 3.73. The van der Waals surface area contributed by atoms with Crippen molar-refractivity contribution in [3.8, 4) is 0 Å². The number of aryl methyl sites for hydroxylation is 2. The van der Waals surface area contributed by atoms with Crippen LogP contribution in [-0.4, -0.2) is 0 Å². The SMILES string of the molecule is CC/C=C\c1c(C)cccc1C. The number of benzene rings is 1. The smallest absolute Gasteiger partial charge is 0.0201 e.